The molecule has 0 unspecified atom stereocenters. The molecule has 19 heavy (non-hydrogen) atoms. The fraction of sp³-hybridized carbons (Fsp3) is 0.231. The SMILES string of the molecule is O=S(=O)(Cc1ccccc1)NC[C@@H](O)c1ccsc1. The van der Waals surface area contributed by atoms with Crippen LogP contribution in [0.3, 0.4) is 0 Å². The number of aliphatic hydroxyl groups is 1. The molecule has 0 saturated heterocycles. The molecule has 6 heteroatoms. The Labute approximate surface area is 116 Å². The minimum atomic E-state index is -3.43. The van der Waals surface area contributed by atoms with E-state index in [0.29, 0.717) is 0 Å². The molecule has 0 aliphatic rings. The summed E-state index contributed by atoms with van der Waals surface area (Å²) in [5.74, 6) is -0.0792. The van der Waals surface area contributed by atoms with Crippen molar-refractivity contribution >= 4 is 21.4 Å². The van der Waals surface area contributed by atoms with Crippen LogP contribution in [0, 0.1) is 0 Å². The first kappa shape index (κ1) is 14.2. The minimum Gasteiger partial charge on any atom is -0.387 e. The zero-order valence-corrected chi connectivity index (χ0v) is 11.8. The average Bonchev–Trinajstić information content (AvgIpc) is 2.91. The number of hydrogen-bond acceptors (Lipinski definition) is 4. The van der Waals surface area contributed by atoms with Crippen LogP contribution in [-0.4, -0.2) is 20.1 Å². The summed E-state index contributed by atoms with van der Waals surface area (Å²) in [4.78, 5) is 0. The highest BCUT2D eigenvalue weighted by Crippen LogP contribution is 2.15. The van der Waals surface area contributed by atoms with Crippen LogP contribution < -0.4 is 4.72 Å². The van der Waals surface area contributed by atoms with E-state index in [2.05, 4.69) is 4.72 Å². The van der Waals surface area contributed by atoms with Gasteiger partial charge in [-0.3, -0.25) is 0 Å². The highest BCUT2D eigenvalue weighted by atomic mass is 32.2. The highest BCUT2D eigenvalue weighted by Gasteiger charge is 2.15. The number of benzene rings is 1. The normalized spacial score (nSPS) is 13.3. The Balaban J connectivity index is 1.91. The third-order valence-electron chi connectivity index (χ3n) is 2.62. The molecule has 0 radical (unpaired) electrons. The van der Waals surface area contributed by atoms with Gasteiger partial charge in [-0.25, -0.2) is 13.1 Å². The zero-order chi connectivity index (χ0) is 13.7. The Morgan fingerprint density at radius 1 is 1.21 bits per heavy atom. The lowest BCUT2D eigenvalue weighted by Crippen LogP contribution is -2.29. The van der Waals surface area contributed by atoms with E-state index >= 15 is 0 Å². The van der Waals surface area contributed by atoms with Crippen LogP contribution in [0.2, 0.25) is 0 Å². The number of nitrogens with one attached hydrogen (secondary N) is 1. The second-order valence-corrected chi connectivity index (χ2v) is 6.75. The maximum atomic E-state index is 11.9. The molecule has 0 aliphatic carbocycles. The predicted octanol–water partition coefficient (Wildman–Crippen LogP) is 1.90. The highest BCUT2D eigenvalue weighted by molar-refractivity contribution is 7.88. The maximum Gasteiger partial charge on any atom is 0.215 e. The first-order chi connectivity index (χ1) is 9.07. The molecular weight excluding hydrogens is 282 g/mol. The van der Waals surface area contributed by atoms with Crippen molar-refractivity contribution in [1.82, 2.24) is 4.72 Å². The Hall–Kier alpha value is -1.21. The van der Waals surface area contributed by atoms with Crippen molar-refractivity contribution in [2.75, 3.05) is 6.54 Å². The summed E-state index contributed by atoms with van der Waals surface area (Å²) in [5, 5.41) is 13.5. The molecule has 0 saturated carbocycles. The van der Waals surface area contributed by atoms with Gasteiger partial charge in [-0.15, -0.1) is 0 Å². The largest absolute Gasteiger partial charge is 0.387 e. The van der Waals surface area contributed by atoms with E-state index in [4.69, 9.17) is 0 Å². The summed E-state index contributed by atoms with van der Waals surface area (Å²) in [6.07, 6.45) is -0.809. The van der Waals surface area contributed by atoms with Gasteiger partial charge in [-0.1, -0.05) is 30.3 Å². The molecular formula is C13H15NO3S2. The number of thiophene rings is 1. The molecule has 1 aromatic heterocycles. The fourth-order valence-electron chi connectivity index (χ4n) is 1.63. The summed E-state index contributed by atoms with van der Waals surface area (Å²) >= 11 is 1.47. The molecule has 2 rings (SSSR count). The van der Waals surface area contributed by atoms with Crippen LogP contribution in [0.1, 0.15) is 17.2 Å². The van der Waals surface area contributed by atoms with Gasteiger partial charge in [0.2, 0.25) is 10.0 Å². The molecule has 1 heterocycles. The molecule has 0 amide bonds. The van der Waals surface area contributed by atoms with Crippen molar-refractivity contribution in [3.63, 3.8) is 0 Å². The molecule has 0 fully saturated rings. The van der Waals surface area contributed by atoms with Gasteiger partial charge in [0.05, 0.1) is 11.9 Å². The molecule has 0 aliphatic heterocycles. The Bertz CT molecular complexity index is 594. The van der Waals surface area contributed by atoms with Crippen molar-refractivity contribution in [1.29, 1.82) is 0 Å². The van der Waals surface area contributed by atoms with E-state index in [1.165, 1.54) is 11.3 Å². The van der Waals surface area contributed by atoms with Gasteiger partial charge in [0.25, 0.3) is 0 Å². The van der Waals surface area contributed by atoms with E-state index in [0.717, 1.165) is 11.1 Å². The third-order valence-corrected chi connectivity index (χ3v) is 4.65. The Kier molecular flexibility index (Phi) is 4.71. The lowest BCUT2D eigenvalue weighted by molar-refractivity contribution is 0.182. The van der Waals surface area contributed by atoms with E-state index in [1.807, 2.05) is 11.4 Å². The number of rotatable bonds is 6. The third kappa shape index (κ3) is 4.43. The first-order valence-corrected chi connectivity index (χ1v) is 8.38. The van der Waals surface area contributed by atoms with Crippen molar-refractivity contribution < 1.29 is 13.5 Å². The summed E-state index contributed by atoms with van der Waals surface area (Å²) in [6, 6.07) is 10.7. The summed E-state index contributed by atoms with van der Waals surface area (Å²) in [5.41, 5.74) is 1.45. The quantitative estimate of drug-likeness (QED) is 0.856. The van der Waals surface area contributed by atoms with Crippen molar-refractivity contribution in [3.8, 4) is 0 Å². The van der Waals surface area contributed by atoms with E-state index in [-0.39, 0.29) is 12.3 Å². The summed E-state index contributed by atoms with van der Waals surface area (Å²) < 4.78 is 26.1. The standard InChI is InChI=1S/C13H15NO3S2/c15-13(12-6-7-18-9-12)8-14-19(16,17)10-11-4-2-1-3-5-11/h1-7,9,13-15H,8,10H2/t13-/m1/s1. The second-order valence-electron chi connectivity index (χ2n) is 4.17. The summed E-state index contributed by atoms with van der Waals surface area (Å²) in [7, 11) is -3.43. The number of hydrogen-bond donors (Lipinski definition) is 2. The topological polar surface area (TPSA) is 66.4 Å². The Morgan fingerprint density at radius 3 is 2.58 bits per heavy atom. The van der Waals surface area contributed by atoms with Crippen LogP contribution >= 0.6 is 11.3 Å². The van der Waals surface area contributed by atoms with Gasteiger partial charge >= 0.3 is 0 Å². The van der Waals surface area contributed by atoms with Crippen molar-refractivity contribution in [3.05, 3.63) is 58.3 Å². The number of sulfonamides is 1. The molecule has 4 nitrogen and oxygen atoms in total. The summed E-state index contributed by atoms with van der Waals surface area (Å²) in [6.45, 7) is -0.00804. The monoisotopic (exact) mass is 297 g/mol. The van der Waals surface area contributed by atoms with Gasteiger partial charge in [0.15, 0.2) is 0 Å². The van der Waals surface area contributed by atoms with Crippen LogP contribution in [0.4, 0.5) is 0 Å². The molecule has 102 valence electrons. The van der Waals surface area contributed by atoms with E-state index in [1.54, 1.807) is 35.7 Å². The van der Waals surface area contributed by atoms with Crippen molar-refractivity contribution in [2.24, 2.45) is 0 Å². The second kappa shape index (κ2) is 6.29. The molecule has 1 atom stereocenters. The molecule has 0 bridgehead atoms. The maximum absolute atomic E-state index is 11.9. The molecule has 2 aromatic rings. The Morgan fingerprint density at radius 2 is 1.95 bits per heavy atom. The van der Waals surface area contributed by atoms with Gasteiger partial charge in [-0.05, 0) is 28.0 Å². The smallest absolute Gasteiger partial charge is 0.215 e. The molecule has 1 aromatic carbocycles. The lowest BCUT2D eigenvalue weighted by Gasteiger charge is -2.11. The van der Waals surface area contributed by atoms with Gasteiger partial charge in [0, 0.05) is 6.54 Å². The van der Waals surface area contributed by atoms with Crippen LogP contribution in [0.15, 0.2) is 47.2 Å². The van der Waals surface area contributed by atoms with Gasteiger partial charge in [-0.2, -0.15) is 11.3 Å². The van der Waals surface area contributed by atoms with E-state index < -0.39 is 16.1 Å². The average molecular weight is 297 g/mol. The zero-order valence-electron chi connectivity index (χ0n) is 10.2. The lowest BCUT2D eigenvalue weighted by atomic mass is 10.2. The first-order valence-electron chi connectivity index (χ1n) is 5.78. The predicted molar refractivity (Wildman–Crippen MR) is 76.3 cm³/mol. The minimum absolute atomic E-state index is 0.00804. The van der Waals surface area contributed by atoms with Crippen molar-refractivity contribution in [2.45, 2.75) is 11.9 Å². The molecule has 2 N–H and O–H groups in total. The van der Waals surface area contributed by atoms with E-state index in [9.17, 15) is 13.5 Å². The van der Waals surface area contributed by atoms with Gasteiger partial charge in [0.1, 0.15) is 0 Å². The van der Waals surface area contributed by atoms with Crippen LogP contribution in [0.25, 0.3) is 0 Å². The molecule has 0 spiro atoms. The van der Waals surface area contributed by atoms with Gasteiger partial charge < -0.3 is 5.11 Å². The number of aliphatic hydroxyl groups excluding tert-OH is 1. The van der Waals surface area contributed by atoms with Crippen LogP contribution in [0.5, 0.6) is 0 Å². The fourth-order valence-corrected chi connectivity index (χ4v) is 3.49. The van der Waals surface area contributed by atoms with Crippen LogP contribution in [-0.2, 0) is 15.8 Å².